The lowest BCUT2D eigenvalue weighted by Crippen LogP contribution is -2.30. The third-order valence-corrected chi connectivity index (χ3v) is 6.53. The van der Waals surface area contributed by atoms with Crippen LogP contribution in [0.25, 0.3) is 21.8 Å². The van der Waals surface area contributed by atoms with Crippen molar-refractivity contribution in [2.45, 2.75) is 0 Å². The summed E-state index contributed by atoms with van der Waals surface area (Å²) < 4.78 is 0. The minimum atomic E-state index is 0.879. The Kier molecular flexibility index (Phi) is 3.30. The SMILES string of the molecule is c1cc2ccc3ccc(N4CCN5CCN=C54)nc3c2nc1N1CCN2CCN=C21. The molecule has 0 unspecified atom stereocenters. The van der Waals surface area contributed by atoms with E-state index in [2.05, 4.69) is 66.0 Å². The van der Waals surface area contributed by atoms with Crippen LogP contribution in [0.4, 0.5) is 11.6 Å². The number of fused-ring (bicyclic) bond motifs is 5. The molecule has 0 aliphatic carbocycles. The van der Waals surface area contributed by atoms with Gasteiger partial charge in [-0.3, -0.25) is 19.8 Å². The average molecular weight is 398 g/mol. The second kappa shape index (κ2) is 6.04. The van der Waals surface area contributed by atoms with Crippen molar-refractivity contribution in [3.05, 3.63) is 36.4 Å². The Labute approximate surface area is 174 Å². The highest BCUT2D eigenvalue weighted by molar-refractivity contribution is 6.06. The van der Waals surface area contributed by atoms with E-state index in [9.17, 15) is 0 Å². The second-order valence-corrected chi connectivity index (χ2v) is 8.19. The number of guanidine groups is 2. The lowest BCUT2D eigenvalue weighted by atomic mass is 10.1. The van der Waals surface area contributed by atoms with Crippen LogP contribution in [0.3, 0.4) is 0 Å². The number of aliphatic imine (C=N–C) groups is 2. The first kappa shape index (κ1) is 16.4. The molecule has 2 saturated heterocycles. The Hall–Kier alpha value is -3.42. The number of rotatable bonds is 2. The van der Waals surface area contributed by atoms with Gasteiger partial charge in [-0.25, -0.2) is 9.97 Å². The molecule has 1 aromatic carbocycles. The zero-order chi connectivity index (χ0) is 19.7. The minimum Gasteiger partial charge on any atom is -0.339 e. The molecule has 6 heterocycles. The molecule has 3 aromatic rings. The molecule has 0 radical (unpaired) electrons. The zero-order valence-corrected chi connectivity index (χ0v) is 16.7. The molecule has 150 valence electrons. The molecule has 2 aromatic heterocycles. The van der Waals surface area contributed by atoms with Crippen molar-refractivity contribution < 1.29 is 0 Å². The molecule has 30 heavy (non-hydrogen) atoms. The first-order chi connectivity index (χ1) is 14.8. The van der Waals surface area contributed by atoms with Crippen LogP contribution in [0.5, 0.6) is 0 Å². The summed E-state index contributed by atoms with van der Waals surface area (Å²) in [5.74, 6) is 4.04. The minimum absolute atomic E-state index is 0.879. The molecule has 0 bridgehead atoms. The Morgan fingerprint density at radius 1 is 0.533 bits per heavy atom. The van der Waals surface area contributed by atoms with Crippen LogP contribution < -0.4 is 9.80 Å². The molecule has 4 aliphatic rings. The van der Waals surface area contributed by atoms with E-state index >= 15 is 0 Å². The average Bonchev–Trinajstić information content (AvgIpc) is 3.54. The first-order valence-corrected chi connectivity index (χ1v) is 10.7. The van der Waals surface area contributed by atoms with Crippen LogP contribution in [0.2, 0.25) is 0 Å². The molecule has 0 spiro atoms. The van der Waals surface area contributed by atoms with E-state index < -0.39 is 0 Å². The quantitative estimate of drug-likeness (QED) is 0.613. The van der Waals surface area contributed by atoms with E-state index in [1.54, 1.807) is 0 Å². The predicted molar refractivity (Wildman–Crippen MR) is 119 cm³/mol. The van der Waals surface area contributed by atoms with Crippen molar-refractivity contribution in [3.63, 3.8) is 0 Å². The number of anilines is 2. The Balaban J connectivity index is 1.36. The fourth-order valence-corrected chi connectivity index (χ4v) is 5.00. The fourth-order valence-electron chi connectivity index (χ4n) is 5.00. The standard InChI is InChI=1S/C22H22N8/c1-2-16-4-6-18(30-14-12-28-10-8-24-22(28)30)26-20(16)19-15(1)3-5-17(25-19)29-13-11-27-9-7-23-21(27)29/h1-6H,7-14H2. The number of benzene rings is 1. The lowest BCUT2D eigenvalue weighted by Gasteiger charge is -2.19. The Morgan fingerprint density at radius 3 is 1.50 bits per heavy atom. The molecule has 0 atom stereocenters. The molecule has 8 nitrogen and oxygen atoms in total. The van der Waals surface area contributed by atoms with E-state index in [0.717, 1.165) is 97.7 Å². The summed E-state index contributed by atoms with van der Waals surface area (Å²) in [4.78, 5) is 28.7. The summed E-state index contributed by atoms with van der Waals surface area (Å²) in [5.41, 5.74) is 1.90. The van der Waals surface area contributed by atoms with Gasteiger partial charge in [0.2, 0.25) is 11.9 Å². The predicted octanol–water partition coefficient (Wildman–Crippen LogP) is 1.77. The summed E-state index contributed by atoms with van der Waals surface area (Å²) >= 11 is 0. The largest absolute Gasteiger partial charge is 0.339 e. The normalized spacial score (nSPS) is 20.4. The van der Waals surface area contributed by atoms with Crippen molar-refractivity contribution in [1.29, 1.82) is 0 Å². The van der Waals surface area contributed by atoms with Crippen LogP contribution in [-0.4, -0.2) is 84.0 Å². The van der Waals surface area contributed by atoms with Crippen molar-refractivity contribution in [1.82, 2.24) is 19.8 Å². The van der Waals surface area contributed by atoms with E-state index in [1.807, 2.05) is 0 Å². The third kappa shape index (κ3) is 2.27. The number of aromatic nitrogens is 2. The number of hydrogen-bond donors (Lipinski definition) is 0. The van der Waals surface area contributed by atoms with Gasteiger partial charge in [-0.05, 0) is 24.3 Å². The van der Waals surface area contributed by atoms with Gasteiger partial charge in [-0.2, -0.15) is 0 Å². The van der Waals surface area contributed by atoms with E-state index in [-0.39, 0.29) is 0 Å². The maximum Gasteiger partial charge on any atom is 0.202 e. The smallest absolute Gasteiger partial charge is 0.202 e. The van der Waals surface area contributed by atoms with E-state index in [4.69, 9.17) is 9.97 Å². The van der Waals surface area contributed by atoms with E-state index in [1.165, 1.54) is 0 Å². The van der Waals surface area contributed by atoms with E-state index in [0.29, 0.717) is 0 Å². The molecule has 2 fully saturated rings. The van der Waals surface area contributed by atoms with Crippen molar-refractivity contribution in [3.8, 4) is 0 Å². The van der Waals surface area contributed by atoms with Crippen molar-refractivity contribution in [2.24, 2.45) is 9.98 Å². The van der Waals surface area contributed by atoms with Crippen LogP contribution in [0, 0.1) is 0 Å². The summed E-state index contributed by atoms with van der Waals surface area (Å²) in [6.45, 7) is 7.70. The monoisotopic (exact) mass is 398 g/mol. The highest BCUT2D eigenvalue weighted by Gasteiger charge is 2.32. The maximum atomic E-state index is 5.08. The Morgan fingerprint density at radius 2 is 1.00 bits per heavy atom. The van der Waals surface area contributed by atoms with Crippen LogP contribution in [-0.2, 0) is 0 Å². The van der Waals surface area contributed by atoms with Crippen LogP contribution in [0.15, 0.2) is 46.4 Å². The first-order valence-electron chi connectivity index (χ1n) is 10.7. The van der Waals surface area contributed by atoms with Gasteiger partial charge in [0, 0.05) is 50.0 Å². The molecule has 8 heteroatoms. The number of hydrogen-bond acceptors (Lipinski definition) is 8. The highest BCUT2D eigenvalue weighted by Crippen LogP contribution is 2.30. The molecule has 0 saturated carbocycles. The number of nitrogens with zero attached hydrogens (tertiary/aromatic N) is 8. The molecule has 0 amide bonds. The summed E-state index contributed by atoms with van der Waals surface area (Å²) in [7, 11) is 0. The van der Waals surface area contributed by atoms with Gasteiger partial charge in [-0.1, -0.05) is 12.1 Å². The van der Waals surface area contributed by atoms with Gasteiger partial charge in [-0.15, -0.1) is 0 Å². The topological polar surface area (TPSA) is 63.5 Å². The third-order valence-electron chi connectivity index (χ3n) is 6.53. The molecule has 0 N–H and O–H groups in total. The van der Waals surface area contributed by atoms with Crippen LogP contribution >= 0.6 is 0 Å². The van der Waals surface area contributed by atoms with Crippen molar-refractivity contribution in [2.75, 3.05) is 62.2 Å². The Bertz CT molecular complexity index is 1150. The van der Waals surface area contributed by atoms with Gasteiger partial charge in [0.05, 0.1) is 24.1 Å². The zero-order valence-electron chi connectivity index (χ0n) is 16.7. The molecule has 4 aliphatic heterocycles. The summed E-state index contributed by atoms with van der Waals surface area (Å²) in [6.07, 6.45) is 0. The maximum absolute atomic E-state index is 5.08. The highest BCUT2D eigenvalue weighted by atomic mass is 15.5. The molecular formula is C22H22N8. The molecule has 7 rings (SSSR count). The van der Waals surface area contributed by atoms with Crippen LogP contribution in [0.1, 0.15) is 0 Å². The van der Waals surface area contributed by atoms with Gasteiger partial charge in [0.25, 0.3) is 0 Å². The second-order valence-electron chi connectivity index (χ2n) is 8.19. The summed E-state index contributed by atoms with van der Waals surface area (Å²) in [6, 6.07) is 12.8. The fraction of sp³-hybridized carbons (Fsp3) is 0.364. The number of pyridine rings is 2. The van der Waals surface area contributed by atoms with Gasteiger partial charge >= 0.3 is 0 Å². The lowest BCUT2D eigenvalue weighted by molar-refractivity contribution is 0.503. The van der Waals surface area contributed by atoms with Crippen molar-refractivity contribution >= 4 is 45.4 Å². The summed E-state index contributed by atoms with van der Waals surface area (Å²) in [5, 5.41) is 2.23. The van der Waals surface area contributed by atoms with Gasteiger partial charge in [0.1, 0.15) is 11.6 Å². The van der Waals surface area contributed by atoms with Gasteiger partial charge in [0.15, 0.2) is 0 Å². The van der Waals surface area contributed by atoms with Gasteiger partial charge < -0.3 is 9.80 Å². The molecular weight excluding hydrogens is 376 g/mol.